The molecule has 170 valence electrons. The van der Waals surface area contributed by atoms with Crippen LogP contribution in [0.5, 0.6) is 0 Å². The predicted molar refractivity (Wildman–Crippen MR) is 134 cm³/mol. The van der Waals surface area contributed by atoms with Gasteiger partial charge < -0.3 is 15.5 Å². The standard InChI is InChI=1S/C28H31N3O2/c1-21-10-6-7-13-24(21)28(33)30-23-14-15-26(31-18-8-3-9-19-31)25(20-23)27(32)29-17-16-22-11-4-2-5-12-22/h2,4-7,10-15,20H,3,8-9,16-19H2,1H3,(H,29,32)(H,30,33). The van der Waals surface area contributed by atoms with Crippen LogP contribution in [0.3, 0.4) is 0 Å². The molecule has 1 aliphatic heterocycles. The monoisotopic (exact) mass is 441 g/mol. The molecule has 5 heteroatoms. The lowest BCUT2D eigenvalue weighted by atomic mass is 10.0. The number of nitrogens with zero attached hydrogens (tertiary/aromatic N) is 1. The minimum Gasteiger partial charge on any atom is -0.371 e. The molecule has 33 heavy (non-hydrogen) atoms. The lowest BCUT2D eigenvalue weighted by Crippen LogP contribution is -2.33. The van der Waals surface area contributed by atoms with Gasteiger partial charge in [-0.15, -0.1) is 0 Å². The SMILES string of the molecule is Cc1ccccc1C(=O)Nc1ccc(N2CCCCC2)c(C(=O)NCCc2ccccc2)c1. The Morgan fingerprint density at radius 2 is 1.55 bits per heavy atom. The van der Waals surface area contributed by atoms with Crippen LogP contribution < -0.4 is 15.5 Å². The van der Waals surface area contributed by atoms with Crippen LogP contribution in [0.4, 0.5) is 11.4 Å². The third kappa shape index (κ3) is 5.80. The highest BCUT2D eigenvalue weighted by atomic mass is 16.2. The second-order valence-corrected chi connectivity index (χ2v) is 8.54. The third-order valence-corrected chi connectivity index (χ3v) is 6.13. The van der Waals surface area contributed by atoms with Gasteiger partial charge in [0.25, 0.3) is 11.8 Å². The van der Waals surface area contributed by atoms with Crippen molar-refractivity contribution in [2.75, 3.05) is 29.9 Å². The zero-order valence-electron chi connectivity index (χ0n) is 19.1. The Bertz CT molecular complexity index is 1110. The van der Waals surface area contributed by atoms with Gasteiger partial charge in [-0.2, -0.15) is 0 Å². The molecule has 1 saturated heterocycles. The van der Waals surface area contributed by atoms with Crippen LogP contribution in [0, 0.1) is 6.92 Å². The van der Waals surface area contributed by atoms with Gasteiger partial charge in [0.15, 0.2) is 0 Å². The smallest absolute Gasteiger partial charge is 0.255 e. The molecule has 0 aliphatic carbocycles. The van der Waals surface area contributed by atoms with Gasteiger partial charge in [0.1, 0.15) is 0 Å². The molecule has 0 aromatic heterocycles. The topological polar surface area (TPSA) is 61.4 Å². The van der Waals surface area contributed by atoms with Gasteiger partial charge in [0.2, 0.25) is 0 Å². The van der Waals surface area contributed by atoms with E-state index in [0.717, 1.165) is 43.6 Å². The molecule has 2 N–H and O–H groups in total. The van der Waals surface area contributed by atoms with Crippen molar-refractivity contribution >= 4 is 23.2 Å². The molecule has 0 atom stereocenters. The zero-order chi connectivity index (χ0) is 23.0. The Morgan fingerprint density at radius 1 is 0.818 bits per heavy atom. The molecule has 0 unspecified atom stereocenters. The van der Waals surface area contributed by atoms with Gasteiger partial charge in [-0.25, -0.2) is 0 Å². The molecule has 0 bridgehead atoms. The number of anilines is 2. The molecule has 0 spiro atoms. The highest BCUT2D eigenvalue weighted by Gasteiger charge is 2.20. The minimum absolute atomic E-state index is 0.113. The van der Waals surface area contributed by atoms with Crippen molar-refractivity contribution in [3.8, 4) is 0 Å². The predicted octanol–water partition coefficient (Wildman–Crippen LogP) is 5.21. The van der Waals surface area contributed by atoms with E-state index in [4.69, 9.17) is 0 Å². The first-order valence-corrected chi connectivity index (χ1v) is 11.7. The van der Waals surface area contributed by atoms with Crippen LogP contribution >= 0.6 is 0 Å². The zero-order valence-corrected chi connectivity index (χ0v) is 19.1. The number of aryl methyl sites for hydroxylation is 1. The Labute approximate surface area is 195 Å². The fourth-order valence-electron chi connectivity index (χ4n) is 4.29. The number of benzene rings is 3. The summed E-state index contributed by atoms with van der Waals surface area (Å²) in [5, 5.41) is 6.04. The van der Waals surface area contributed by atoms with E-state index in [2.05, 4.69) is 27.7 Å². The van der Waals surface area contributed by atoms with Crippen molar-refractivity contribution in [1.29, 1.82) is 0 Å². The van der Waals surface area contributed by atoms with Crippen LogP contribution in [-0.4, -0.2) is 31.4 Å². The Hall–Kier alpha value is -3.60. The summed E-state index contributed by atoms with van der Waals surface area (Å²) in [5.74, 6) is -0.284. The van der Waals surface area contributed by atoms with Gasteiger partial charge in [-0.1, -0.05) is 48.5 Å². The maximum Gasteiger partial charge on any atom is 0.255 e. The summed E-state index contributed by atoms with van der Waals surface area (Å²) in [6.45, 7) is 4.36. The first-order valence-electron chi connectivity index (χ1n) is 11.7. The van der Waals surface area contributed by atoms with Crippen LogP contribution in [0.1, 0.15) is 51.1 Å². The van der Waals surface area contributed by atoms with E-state index in [1.54, 1.807) is 6.07 Å². The van der Waals surface area contributed by atoms with Crippen molar-refractivity contribution < 1.29 is 9.59 Å². The molecular formula is C28H31N3O2. The number of amides is 2. The summed E-state index contributed by atoms with van der Waals surface area (Å²) in [5.41, 5.74) is 4.89. The van der Waals surface area contributed by atoms with Gasteiger partial charge in [-0.05, 0) is 68.0 Å². The largest absolute Gasteiger partial charge is 0.371 e. The Morgan fingerprint density at radius 3 is 2.30 bits per heavy atom. The number of hydrogen-bond acceptors (Lipinski definition) is 3. The normalized spacial score (nSPS) is 13.4. The molecule has 1 fully saturated rings. The molecule has 5 nitrogen and oxygen atoms in total. The summed E-state index contributed by atoms with van der Waals surface area (Å²) in [6.07, 6.45) is 4.25. The second kappa shape index (κ2) is 10.8. The van der Waals surface area contributed by atoms with E-state index in [0.29, 0.717) is 23.4 Å². The van der Waals surface area contributed by atoms with Crippen LogP contribution in [0.15, 0.2) is 72.8 Å². The molecule has 3 aromatic rings. The Balaban J connectivity index is 1.53. The van der Waals surface area contributed by atoms with E-state index in [9.17, 15) is 9.59 Å². The number of piperidine rings is 1. The molecule has 4 rings (SSSR count). The first kappa shape index (κ1) is 22.6. The summed E-state index contributed by atoms with van der Waals surface area (Å²) in [6, 6.07) is 23.3. The van der Waals surface area contributed by atoms with Crippen molar-refractivity contribution in [3.05, 3.63) is 95.1 Å². The summed E-state index contributed by atoms with van der Waals surface area (Å²) in [4.78, 5) is 28.3. The molecule has 3 aromatic carbocycles. The summed E-state index contributed by atoms with van der Waals surface area (Å²) in [7, 11) is 0. The molecule has 1 aliphatic rings. The van der Waals surface area contributed by atoms with Crippen molar-refractivity contribution in [2.24, 2.45) is 0 Å². The molecule has 1 heterocycles. The minimum atomic E-state index is -0.172. The van der Waals surface area contributed by atoms with Crippen molar-refractivity contribution in [3.63, 3.8) is 0 Å². The maximum absolute atomic E-state index is 13.2. The van der Waals surface area contributed by atoms with E-state index >= 15 is 0 Å². The lowest BCUT2D eigenvalue weighted by Gasteiger charge is -2.30. The number of carbonyl (C=O) groups excluding carboxylic acids is 2. The Kier molecular flexibility index (Phi) is 7.40. The highest BCUT2D eigenvalue weighted by molar-refractivity contribution is 6.07. The molecule has 0 saturated carbocycles. The van der Waals surface area contributed by atoms with E-state index in [1.807, 2.05) is 61.5 Å². The van der Waals surface area contributed by atoms with Crippen LogP contribution in [0.2, 0.25) is 0 Å². The van der Waals surface area contributed by atoms with Gasteiger partial charge in [0, 0.05) is 36.6 Å². The van der Waals surface area contributed by atoms with E-state index in [-0.39, 0.29) is 11.8 Å². The van der Waals surface area contributed by atoms with Crippen LogP contribution in [0.25, 0.3) is 0 Å². The number of hydrogen-bond donors (Lipinski definition) is 2. The average molecular weight is 442 g/mol. The molecule has 2 amide bonds. The van der Waals surface area contributed by atoms with Crippen molar-refractivity contribution in [2.45, 2.75) is 32.6 Å². The first-order chi connectivity index (χ1) is 16.1. The number of rotatable bonds is 7. The summed E-state index contributed by atoms with van der Waals surface area (Å²) >= 11 is 0. The van der Waals surface area contributed by atoms with E-state index < -0.39 is 0 Å². The third-order valence-electron chi connectivity index (χ3n) is 6.13. The average Bonchev–Trinajstić information content (AvgIpc) is 2.85. The highest BCUT2D eigenvalue weighted by Crippen LogP contribution is 2.27. The maximum atomic E-state index is 13.2. The van der Waals surface area contributed by atoms with Gasteiger partial charge in [-0.3, -0.25) is 9.59 Å². The fraction of sp³-hybridized carbons (Fsp3) is 0.286. The van der Waals surface area contributed by atoms with Crippen molar-refractivity contribution in [1.82, 2.24) is 5.32 Å². The molecular weight excluding hydrogens is 410 g/mol. The lowest BCUT2D eigenvalue weighted by molar-refractivity contribution is 0.0953. The van der Waals surface area contributed by atoms with E-state index in [1.165, 1.54) is 12.0 Å². The number of carbonyl (C=O) groups is 2. The van der Waals surface area contributed by atoms with Gasteiger partial charge in [0.05, 0.1) is 5.56 Å². The van der Waals surface area contributed by atoms with Gasteiger partial charge >= 0.3 is 0 Å². The second-order valence-electron chi connectivity index (χ2n) is 8.54. The molecule has 0 radical (unpaired) electrons. The summed E-state index contributed by atoms with van der Waals surface area (Å²) < 4.78 is 0. The quantitative estimate of drug-likeness (QED) is 0.529. The van der Waals surface area contributed by atoms with Crippen LogP contribution in [-0.2, 0) is 6.42 Å². The fourth-order valence-corrected chi connectivity index (χ4v) is 4.29. The number of nitrogens with one attached hydrogen (secondary N) is 2.